The third-order valence-electron chi connectivity index (χ3n) is 4.71. The predicted octanol–water partition coefficient (Wildman–Crippen LogP) is 5.28. The van der Waals surface area contributed by atoms with Crippen molar-refractivity contribution < 1.29 is 0 Å². The fourth-order valence-electron chi connectivity index (χ4n) is 2.73. The number of hydrogen-bond donors (Lipinski definition) is 0. The Morgan fingerprint density at radius 1 is 1.00 bits per heavy atom. The molecule has 90 valence electrons. The van der Waals surface area contributed by atoms with Crippen molar-refractivity contribution in [3.8, 4) is 0 Å². The van der Waals surface area contributed by atoms with Crippen LogP contribution in [0.15, 0.2) is 0 Å². The molecule has 1 atom stereocenters. The van der Waals surface area contributed by atoms with Crippen LogP contribution in [0.2, 0.25) is 0 Å². The first-order valence-electron chi connectivity index (χ1n) is 6.93. The second kappa shape index (κ2) is 5.37. The van der Waals surface area contributed by atoms with Gasteiger partial charge in [-0.05, 0) is 29.6 Å². The predicted molar refractivity (Wildman–Crippen MR) is 69.0 cm³/mol. The molecule has 1 fully saturated rings. The average Bonchev–Trinajstić information content (AvgIpc) is 2.17. The Morgan fingerprint density at radius 2 is 1.47 bits per heavy atom. The first-order chi connectivity index (χ1) is 6.93. The van der Waals surface area contributed by atoms with E-state index in [0.29, 0.717) is 5.41 Å². The number of hydrogen-bond acceptors (Lipinski definition) is 0. The van der Waals surface area contributed by atoms with Crippen molar-refractivity contribution in [1.82, 2.24) is 0 Å². The summed E-state index contributed by atoms with van der Waals surface area (Å²) in [5.74, 6) is 2.95. The van der Waals surface area contributed by atoms with Crippen molar-refractivity contribution >= 4 is 0 Å². The van der Waals surface area contributed by atoms with Crippen LogP contribution in [0.5, 0.6) is 0 Å². The first-order valence-corrected chi connectivity index (χ1v) is 6.93. The molecular weight excluding hydrogens is 180 g/mol. The lowest BCUT2D eigenvalue weighted by Gasteiger charge is -2.34. The highest BCUT2D eigenvalue weighted by atomic mass is 14.3. The molecule has 0 bridgehead atoms. The van der Waals surface area contributed by atoms with Crippen LogP contribution in [0.4, 0.5) is 0 Å². The summed E-state index contributed by atoms with van der Waals surface area (Å²) in [4.78, 5) is 0. The zero-order valence-corrected chi connectivity index (χ0v) is 11.5. The quantitative estimate of drug-likeness (QED) is 0.595. The van der Waals surface area contributed by atoms with E-state index in [-0.39, 0.29) is 0 Å². The van der Waals surface area contributed by atoms with Gasteiger partial charge in [0.1, 0.15) is 0 Å². The highest BCUT2D eigenvalue weighted by Gasteiger charge is 2.26. The molecule has 0 saturated heterocycles. The van der Waals surface area contributed by atoms with Gasteiger partial charge in [0.2, 0.25) is 0 Å². The second-order valence-electron chi connectivity index (χ2n) is 6.80. The summed E-state index contributed by atoms with van der Waals surface area (Å²) < 4.78 is 0. The van der Waals surface area contributed by atoms with Gasteiger partial charge in [-0.25, -0.2) is 0 Å². The number of rotatable bonds is 3. The van der Waals surface area contributed by atoms with Crippen LogP contribution < -0.4 is 0 Å². The van der Waals surface area contributed by atoms with Gasteiger partial charge < -0.3 is 0 Å². The van der Waals surface area contributed by atoms with E-state index in [1.54, 1.807) is 0 Å². The molecule has 0 aromatic heterocycles. The minimum atomic E-state index is 0.502. The third kappa shape index (κ3) is 4.17. The van der Waals surface area contributed by atoms with Crippen LogP contribution >= 0.6 is 0 Å². The Bertz CT molecular complexity index is 167. The van der Waals surface area contributed by atoms with Crippen molar-refractivity contribution in [2.24, 2.45) is 23.2 Å². The molecule has 0 heteroatoms. The van der Waals surface area contributed by atoms with Gasteiger partial charge in [0.15, 0.2) is 0 Å². The van der Waals surface area contributed by atoms with Gasteiger partial charge in [0.25, 0.3) is 0 Å². The summed E-state index contributed by atoms with van der Waals surface area (Å²) >= 11 is 0. The van der Waals surface area contributed by atoms with Crippen LogP contribution in [-0.2, 0) is 0 Å². The van der Waals surface area contributed by atoms with Gasteiger partial charge in [-0.2, -0.15) is 0 Å². The smallest absolute Gasteiger partial charge is 0.0357 e. The minimum absolute atomic E-state index is 0.502. The Balaban J connectivity index is 2.29. The Kier molecular flexibility index (Phi) is 4.67. The van der Waals surface area contributed by atoms with Crippen molar-refractivity contribution in [2.45, 2.75) is 73.1 Å². The minimum Gasteiger partial charge on any atom is -0.0651 e. The lowest BCUT2D eigenvalue weighted by atomic mass is 9.72. The Labute approximate surface area is 96.8 Å². The van der Waals surface area contributed by atoms with Crippen molar-refractivity contribution in [2.75, 3.05) is 0 Å². The van der Waals surface area contributed by atoms with Gasteiger partial charge in [0.05, 0.1) is 0 Å². The van der Waals surface area contributed by atoms with Gasteiger partial charge in [-0.1, -0.05) is 66.7 Å². The van der Waals surface area contributed by atoms with Crippen molar-refractivity contribution in [3.63, 3.8) is 0 Å². The summed E-state index contributed by atoms with van der Waals surface area (Å²) in [7, 11) is 0. The average molecular weight is 210 g/mol. The van der Waals surface area contributed by atoms with Gasteiger partial charge in [-0.3, -0.25) is 0 Å². The summed E-state index contributed by atoms with van der Waals surface area (Å²) in [6, 6.07) is 0. The van der Waals surface area contributed by atoms with Gasteiger partial charge in [0, 0.05) is 0 Å². The van der Waals surface area contributed by atoms with Crippen LogP contribution in [0.1, 0.15) is 73.1 Å². The summed E-state index contributed by atoms with van der Waals surface area (Å²) in [6.45, 7) is 11.9. The highest BCUT2D eigenvalue weighted by molar-refractivity contribution is 4.77. The standard InChI is InChI=1S/C15H30/c1-6-13-7-9-14(10-8-13)11-12(2)15(3,4)5/h12-14H,6-11H2,1-5H3. The molecule has 0 aromatic rings. The molecular formula is C15H30. The van der Waals surface area contributed by atoms with E-state index in [1.807, 2.05) is 0 Å². The first kappa shape index (κ1) is 13.1. The second-order valence-corrected chi connectivity index (χ2v) is 6.80. The molecule has 1 aliphatic rings. The molecule has 1 unspecified atom stereocenters. The molecule has 0 nitrogen and oxygen atoms in total. The van der Waals surface area contributed by atoms with E-state index >= 15 is 0 Å². The normalized spacial score (nSPS) is 30.2. The van der Waals surface area contributed by atoms with Gasteiger partial charge in [-0.15, -0.1) is 0 Å². The molecule has 0 aromatic carbocycles. The topological polar surface area (TPSA) is 0 Å². The van der Waals surface area contributed by atoms with E-state index in [0.717, 1.165) is 17.8 Å². The zero-order chi connectivity index (χ0) is 11.5. The Hall–Kier alpha value is 0. The molecule has 15 heavy (non-hydrogen) atoms. The van der Waals surface area contributed by atoms with E-state index in [1.165, 1.54) is 38.5 Å². The molecule has 0 N–H and O–H groups in total. The van der Waals surface area contributed by atoms with Crippen LogP contribution in [-0.4, -0.2) is 0 Å². The maximum Gasteiger partial charge on any atom is -0.0357 e. The molecule has 1 rings (SSSR count). The SMILES string of the molecule is CCC1CCC(CC(C)C(C)(C)C)CC1. The fourth-order valence-corrected chi connectivity index (χ4v) is 2.73. The largest absolute Gasteiger partial charge is 0.0651 e. The Morgan fingerprint density at radius 3 is 1.87 bits per heavy atom. The molecule has 1 aliphatic carbocycles. The van der Waals surface area contributed by atoms with E-state index in [9.17, 15) is 0 Å². The van der Waals surface area contributed by atoms with Gasteiger partial charge >= 0.3 is 0 Å². The van der Waals surface area contributed by atoms with Crippen LogP contribution in [0, 0.1) is 23.2 Å². The van der Waals surface area contributed by atoms with E-state index < -0.39 is 0 Å². The maximum absolute atomic E-state index is 2.44. The highest BCUT2D eigenvalue weighted by Crippen LogP contribution is 2.38. The van der Waals surface area contributed by atoms with Crippen molar-refractivity contribution in [3.05, 3.63) is 0 Å². The summed E-state index contributed by atoms with van der Waals surface area (Å²) in [5.41, 5.74) is 0.502. The molecule has 1 saturated carbocycles. The van der Waals surface area contributed by atoms with Crippen LogP contribution in [0.25, 0.3) is 0 Å². The molecule has 0 aliphatic heterocycles. The summed E-state index contributed by atoms with van der Waals surface area (Å²) in [5, 5.41) is 0. The van der Waals surface area contributed by atoms with E-state index in [4.69, 9.17) is 0 Å². The maximum atomic E-state index is 2.44. The third-order valence-corrected chi connectivity index (χ3v) is 4.71. The fraction of sp³-hybridized carbons (Fsp3) is 1.00. The molecule has 0 amide bonds. The van der Waals surface area contributed by atoms with E-state index in [2.05, 4.69) is 34.6 Å². The molecule has 0 heterocycles. The van der Waals surface area contributed by atoms with Crippen molar-refractivity contribution in [1.29, 1.82) is 0 Å². The zero-order valence-electron chi connectivity index (χ0n) is 11.5. The van der Waals surface area contributed by atoms with Crippen LogP contribution in [0.3, 0.4) is 0 Å². The summed E-state index contributed by atoms with van der Waals surface area (Å²) in [6.07, 6.45) is 8.86. The lowest BCUT2D eigenvalue weighted by Crippen LogP contribution is -2.23. The molecule has 0 radical (unpaired) electrons. The lowest BCUT2D eigenvalue weighted by molar-refractivity contribution is 0.172. The molecule has 0 spiro atoms. The monoisotopic (exact) mass is 210 g/mol.